The van der Waals surface area contributed by atoms with E-state index in [9.17, 15) is 9.59 Å². The lowest BCUT2D eigenvalue weighted by molar-refractivity contribution is -0.108. The number of piperazine rings is 1. The molecule has 0 aromatic carbocycles. The molecule has 1 aliphatic heterocycles. The molecular weight excluding hydrogens is 296 g/mol. The number of carbonyl (C=O) groups excluding carboxylic acids is 2. The van der Waals surface area contributed by atoms with Gasteiger partial charge in [-0.3, -0.25) is 14.4 Å². The van der Waals surface area contributed by atoms with Gasteiger partial charge in [0.05, 0.1) is 13.2 Å². The van der Waals surface area contributed by atoms with E-state index in [0.717, 1.165) is 43.5 Å². The highest BCUT2D eigenvalue weighted by Crippen LogP contribution is 2.57. The SMILES string of the molecule is O=CCn1nc(C(=O)N2CCN(CCO)CC2)c2c1C[C@H]1C[C@@H]21. The second-order valence-electron chi connectivity index (χ2n) is 6.72. The smallest absolute Gasteiger partial charge is 0.274 e. The number of aromatic nitrogens is 2. The van der Waals surface area contributed by atoms with Crippen LogP contribution in [0.1, 0.15) is 34.1 Å². The Morgan fingerprint density at radius 3 is 2.78 bits per heavy atom. The van der Waals surface area contributed by atoms with Crippen molar-refractivity contribution in [1.82, 2.24) is 19.6 Å². The lowest BCUT2D eigenvalue weighted by Crippen LogP contribution is -2.49. The van der Waals surface area contributed by atoms with Gasteiger partial charge in [0.25, 0.3) is 5.91 Å². The highest BCUT2D eigenvalue weighted by atomic mass is 16.3. The third-order valence-corrected chi connectivity index (χ3v) is 5.37. The number of hydrogen-bond donors (Lipinski definition) is 1. The third kappa shape index (κ3) is 2.48. The van der Waals surface area contributed by atoms with Crippen LogP contribution in [0.5, 0.6) is 0 Å². The Balaban J connectivity index is 1.53. The zero-order valence-corrected chi connectivity index (χ0v) is 13.1. The Bertz CT molecular complexity index is 634. The normalized spacial score (nSPS) is 26.0. The minimum atomic E-state index is 0.00194. The van der Waals surface area contributed by atoms with Crippen LogP contribution in [0.15, 0.2) is 0 Å². The molecule has 7 nitrogen and oxygen atoms in total. The van der Waals surface area contributed by atoms with Crippen LogP contribution in [0, 0.1) is 5.92 Å². The molecule has 2 heterocycles. The molecule has 1 saturated heterocycles. The van der Waals surface area contributed by atoms with Crippen LogP contribution in [0.3, 0.4) is 0 Å². The zero-order valence-electron chi connectivity index (χ0n) is 13.1. The Kier molecular flexibility index (Phi) is 3.69. The molecule has 1 saturated carbocycles. The first-order valence-corrected chi connectivity index (χ1v) is 8.38. The van der Waals surface area contributed by atoms with Gasteiger partial charge in [-0.25, -0.2) is 0 Å². The lowest BCUT2D eigenvalue weighted by Gasteiger charge is -2.34. The quantitative estimate of drug-likeness (QED) is 0.740. The summed E-state index contributed by atoms with van der Waals surface area (Å²) in [6.07, 6.45) is 2.96. The summed E-state index contributed by atoms with van der Waals surface area (Å²) in [7, 11) is 0. The molecule has 0 spiro atoms. The Morgan fingerprint density at radius 2 is 2.09 bits per heavy atom. The molecule has 1 aromatic rings. The third-order valence-electron chi connectivity index (χ3n) is 5.37. The number of fused-ring (bicyclic) bond motifs is 3. The maximum atomic E-state index is 12.9. The molecular formula is C16H22N4O3. The second-order valence-corrected chi connectivity index (χ2v) is 6.72. The Morgan fingerprint density at radius 1 is 1.30 bits per heavy atom. The average Bonchev–Trinajstić information content (AvgIpc) is 3.08. The number of nitrogens with zero attached hydrogens (tertiary/aromatic N) is 4. The monoisotopic (exact) mass is 318 g/mol. The molecule has 124 valence electrons. The molecule has 23 heavy (non-hydrogen) atoms. The highest BCUT2D eigenvalue weighted by molar-refractivity contribution is 5.95. The summed E-state index contributed by atoms with van der Waals surface area (Å²) in [5.74, 6) is 1.15. The molecule has 2 aliphatic carbocycles. The van der Waals surface area contributed by atoms with E-state index in [-0.39, 0.29) is 19.1 Å². The summed E-state index contributed by atoms with van der Waals surface area (Å²) in [6, 6.07) is 0. The maximum Gasteiger partial charge on any atom is 0.274 e. The van der Waals surface area contributed by atoms with Crippen molar-refractivity contribution in [2.75, 3.05) is 39.3 Å². The lowest BCUT2D eigenvalue weighted by atomic mass is 10.1. The molecule has 1 aromatic heterocycles. The van der Waals surface area contributed by atoms with E-state index in [1.54, 1.807) is 4.68 Å². The molecule has 7 heteroatoms. The van der Waals surface area contributed by atoms with Crippen LogP contribution in [0.4, 0.5) is 0 Å². The summed E-state index contributed by atoms with van der Waals surface area (Å²) in [5, 5.41) is 13.5. The molecule has 4 rings (SSSR count). The van der Waals surface area contributed by atoms with Crippen molar-refractivity contribution in [1.29, 1.82) is 0 Å². The number of aliphatic hydroxyl groups is 1. The maximum absolute atomic E-state index is 12.9. The van der Waals surface area contributed by atoms with Crippen molar-refractivity contribution in [3.8, 4) is 0 Å². The van der Waals surface area contributed by atoms with Gasteiger partial charge < -0.3 is 14.8 Å². The van der Waals surface area contributed by atoms with Crippen molar-refractivity contribution in [2.24, 2.45) is 5.92 Å². The van der Waals surface area contributed by atoms with Crippen molar-refractivity contribution in [3.05, 3.63) is 17.0 Å². The van der Waals surface area contributed by atoms with E-state index in [1.807, 2.05) is 4.90 Å². The van der Waals surface area contributed by atoms with Gasteiger partial charge in [0.1, 0.15) is 6.29 Å². The van der Waals surface area contributed by atoms with E-state index in [0.29, 0.717) is 37.2 Å². The summed E-state index contributed by atoms with van der Waals surface area (Å²) in [6.45, 7) is 3.96. The number of amides is 1. The predicted molar refractivity (Wildman–Crippen MR) is 82.3 cm³/mol. The van der Waals surface area contributed by atoms with Gasteiger partial charge in [-0.15, -0.1) is 0 Å². The van der Waals surface area contributed by atoms with Gasteiger partial charge in [0, 0.05) is 44.0 Å². The second kappa shape index (κ2) is 5.72. The minimum Gasteiger partial charge on any atom is -0.395 e. The first kappa shape index (κ1) is 14.8. The number of aldehydes is 1. The molecule has 1 N–H and O–H groups in total. The molecule has 0 radical (unpaired) electrons. The standard InChI is InChI=1S/C16H22N4O3/c21-7-5-18-1-3-19(4-2-18)16(23)15-14-12-9-11(12)10-13(14)20(17-15)6-8-22/h8,11-12,21H,1-7,9-10H2/t11-,12-/m1/s1. The first-order valence-electron chi connectivity index (χ1n) is 8.38. The number of aliphatic hydroxyl groups excluding tert-OH is 1. The topological polar surface area (TPSA) is 78.7 Å². The largest absolute Gasteiger partial charge is 0.395 e. The number of β-amino-alcohol motifs (C(OH)–C–C–N with tert-alkyl or cyclic N) is 1. The molecule has 2 fully saturated rings. The van der Waals surface area contributed by atoms with Crippen LogP contribution in [0.2, 0.25) is 0 Å². The van der Waals surface area contributed by atoms with Crippen molar-refractivity contribution in [3.63, 3.8) is 0 Å². The fourth-order valence-corrected chi connectivity index (χ4v) is 4.04. The Labute approximate surface area is 134 Å². The van der Waals surface area contributed by atoms with Gasteiger partial charge in [0.2, 0.25) is 0 Å². The average molecular weight is 318 g/mol. The van der Waals surface area contributed by atoms with Crippen molar-refractivity contribution >= 4 is 12.2 Å². The number of rotatable bonds is 5. The van der Waals surface area contributed by atoms with E-state index in [1.165, 1.54) is 0 Å². The van der Waals surface area contributed by atoms with Gasteiger partial charge in [-0.2, -0.15) is 5.10 Å². The van der Waals surface area contributed by atoms with Crippen LogP contribution in [-0.4, -0.2) is 76.2 Å². The summed E-state index contributed by atoms with van der Waals surface area (Å²) in [5.41, 5.74) is 2.78. The van der Waals surface area contributed by atoms with Gasteiger partial charge >= 0.3 is 0 Å². The van der Waals surface area contributed by atoms with E-state index in [2.05, 4.69) is 10.00 Å². The highest BCUT2D eigenvalue weighted by Gasteiger charge is 2.50. The minimum absolute atomic E-state index is 0.00194. The molecule has 2 atom stereocenters. The first-order chi connectivity index (χ1) is 11.2. The van der Waals surface area contributed by atoms with Gasteiger partial charge in [0.15, 0.2) is 5.69 Å². The molecule has 3 aliphatic rings. The predicted octanol–water partition coefficient (Wildman–Crippen LogP) is -0.508. The Hall–Kier alpha value is -1.73. The zero-order chi connectivity index (χ0) is 16.0. The van der Waals surface area contributed by atoms with Crippen LogP contribution in [-0.2, 0) is 17.8 Å². The van der Waals surface area contributed by atoms with Crippen LogP contribution in [0.25, 0.3) is 0 Å². The summed E-state index contributed by atoms with van der Waals surface area (Å²) >= 11 is 0. The molecule has 1 amide bonds. The molecule has 0 unspecified atom stereocenters. The van der Waals surface area contributed by atoms with E-state index >= 15 is 0 Å². The summed E-state index contributed by atoms with van der Waals surface area (Å²) in [4.78, 5) is 27.8. The fraction of sp³-hybridized carbons (Fsp3) is 0.688. The van der Waals surface area contributed by atoms with Crippen LogP contribution >= 0.6 is 0 Å². The molecule has 0 bridgehead atoms. The van der Waals surface area contributed by atoms with Crippen molar-refractivity contribution in [2.45, 2.75) is 25.3 Å². The summed E-state index contributed by atoms with van der Waals surface area (Å²) < 4.78 is 1.73. The number of carbonyl (C=O) groups is 2. The number of hydrogen-bond acceptors (Lipinski definition) is 5. The van der Waals surface area contributed by atoms with Crippen molar-refractivity contribution < 1.29 is 14.7 Å². The fourth-order valence-electron chi connectivity index (χ4n) is 4.04. The van der Waals surface area contributed by atoms with E-state index in [4.69, 9.17) is 5.11 Å². The van der Waals surface area contributed by atoms with E-state index < -0.39 is 0 Å². The van der Waals surface area contributed by atoms with Gasteiger partial charge in [-0.1, -0.05) is 0 Å². The van der Waals surface area contributed by atoms with Crippen LogP contribution < -0.4 is 0 Å². The van der Waals surface area contributed by atoms with Gasteiger partial charge in [-0.05, 0) is 24.7 Å².